The maximum Gasteiger partial charge on any atom is 0.333 e. The van der Waals surface area contributed by atoms with Gasteiger partial charge in [-0.25, -0.2) is 14.8 Å². The Hall–Kier alpha value is -5.03. The molecular weight excluding hydrogens is 672 g/mol. The molecule has 0 spiro atoms. The number of rotatable bonds is 9. The van der Waals surface area contributed by atoms with Crippen LogP contribution in [0.2, 0.25) is 0 Å². The van der Waals surface area contributed by atoms with Crippen molar-refractivity contribution in [1.29, 1.82) is 0 Å². The van der Waals surface area contributed by atoms with E-state index in [9.17, 15) is 14.4 Å². The van der Waals surface area contributed by atoms with E-state index in [1.807, 2.05) is 50.2 Å². The SMILES string of the molecule is Cc1cc(C(=O)N2Cc3c(C(=O)NCc4ccccc4-c4ncccn4)n(-c4ccc(OCC(C)C)cc4)c(=O)n3C[C@H]2C)ccc1Br. The molecule has 1 aliphatic heterocycles. The first kappa shape index (κ1) is 32.9. The van der Waals surface area contributed by atoms with Crippen LogP contribution < -0.4 is 15.7 Å². The molecule has 10 nitrogen and oxygen atoms in total. The number of benzene rings is 3. The molecule has 0 fully saturated rings. The summed E-state index contributed by atoms with van der Waals surface area (Å²) in [7, 11) is 0. The molecule has 0 saturated heterocycles. The summed E-state index contributed by atoms with van der Waals surface area (Å²) in [5.74, 6) is 0.968. The van der Waals surface area contributed by atoms with E-state index in [2.05, 4.69) is 45.1 Å². The molecule has 3 heterocycles. The molecule has 3 aromatic carbocycles. The van der Waals surface area contributed by atoms with Crippen LogP contribution in [0, 0.1) is 12.8 Å². The average Bonchev–Trinajstić information content (AvgIpc) is 3.38. The summed E-state index contributed by atoms with van der Waals surface area (Å²) in [4.78, 5) is 52.7. The van der Waals surface area contributed by atoms with E-state index >= 15 is 0 Å². The van der Waals surface area contributed by atoms with Crippen LogP contribution in [0.1, 0.15) is 58.4 Å². The van der Waals surface area contributed by atoms with E-state index in [0.29, 0.717) is 41.0 Å². The van der Waals surface area contributed by atoms with Crippen molar-refractivity contribution in [1.82, 2.24) is 29.3 Å². The van der Waals surface area contributed by atoms with Gasteiger partial charge in [-0.3, -0.25) is 18.7 Å². The molecule has 2 amide bonds. The first-order valence-corrected chi connectivity index (χ1v) is 16.7. The predicted molar refractivity (Wildman–Crippen MR) is 187 cm³/mol. The maximum absolute atomic E-state index is 14.3. The van der Waals surface area contributed by atoms with Crippen molar-refractivity contribution < 1.29 is 14.3 Å². The quantitative estimate of drug-likeness (QED) is 0.196. The van der Waals surface area contributed by atoms with Crippen molar-refractivity contribution >= 4 is 27.7 Å². The van der Waals surface area contributed by atoms with Crippen molar-refractivity contribution in [3.63, 3.8) is 0 Å². The Morgan fingerprint density at radius 3 is 2.46 bits per heavy atom. The zero-order chi connectivity index (χ0) is 33.9. The standard InChI is InChI=1S/C37H37BrN6O4/c1-23(2)22-48-29-13-11-28(12-14-29)44-33(35(45)41-19-27-8-5-6-9-30(27)34-39-16-7-17-40-34)32-21-42(25(4)20-43(32)37(44)47)36(46)26-10-15-31(38)24(3)18-26/h5-18,23,25H,19-22H2,1-4H3,(H,41,45)/t25-/m1/s1. The Kier molecular flexibility index (Phi) is 9.58. The van der Waals surface area contributed by atoms with Gasteiger partial charge in [0.05, 0.1) is 24.5 Å². The van der Waals surface area contributed by atoms with Crippen molar-refractivity contribution in [2.75, 3.05) is 6.61 Å². The summed E-state index contributed by atoms with van der Waals surface area (Å²) in [6.45, 7) is 9.05. The number of carbonyl (C=O) groups is 2. The highest BCUT2D eigenvalue weighted by Gasteiger charge is 2.35. The van der Waals surface area contributed by atoms with Crippen molar-refractivity contribution in [2.45, 2.75) is 53.4 Å². The van der Waals surface area contributed by atoms with E-state index in [1.165, 1.54) is 4.57 Å². The van der Waals surface area contributed by atoms with Gasteiger partial charge >= 0.3 is 5.69 Å². The van der Waals surface area contributed by atoms with Gasteiger partial charge in [0.25, 0.3) is 11.8 Å². The first-order chi connectivity index (χ1) is 23.1. The Morgan fingerprint density at radius 2 is 1.75 bits per heavy atom. The topological polar surface area (TPSA) is 111 Å². The lowest BCUT2D eigenvalue weighted by molar-refractivity contribution is 0.0610. The molecule has 246 valence electrons. The number of halogens is 1. The highest BCUT2D eigenvalue weighted by Crippen LogP contribution is 2.27. The minimum Gasteiger partial charge on any atom is -0.493 e. The summed E-state index contributed by atoms with van der Waals surface area (Å²) in [6, 6.07) is 21.7. The molecule has 6 rings (SSSR count). The van der Waals surface area contributed by atoms with E-state index in [0.717, 1.165) is 21.2 Å². The van der Waals surface area contributed by atoms with Crippen LogP contribution in [-0.4, -0.2) is 48.5 Å². The molecule has 1 atom stereocenters. The summed E-state index contributed by atoms with van der Waals surface area (Å²) in [5, 5.41) is 3.04. The number of hydrogen-bond donors (Lipinski definition) is 1. The van der Waals surface area contributed by atoms with E-state index in [1.54, 1.807) is 58.3 Å². The molecular formula is C37H37BrN6O4. The van der Waals surface area contributed by atoms with E-state index in [-0.39, 0.29) is 43.0 Å². The number of aromatic nitrogens is 4. The fraction of sp³-hybridized carbons (Fsp3) is 0.270. The third kappa shape index (κ3) is 6.68. The monoisotopic (exact) mass is 708 g/mol. The van der Waals surface area contributed by atoms with Crippen molar-refractivity contribution in [3.8, 4) is 22.8 Å². The largest absolute Gasteiger partial charge is 0.493 e. The third-order valence-corrected chi connectivity index (χ3v) is 9.26. The molecule has 0 saturated carbocycles. The van der Waals surface area contributed by atoms with Crippen LogP contribution in [0.3, 0.4) is 0 Å². The molecule has 2 aromatic heterocycles. The van der Waals surface area contributed by atoms with Gasteiger partial charge in [0.1, 0.15) is 11.4 Å². The number of amides is 2. The Balaban J connectivity index is 1.38. The van der Waals surface area contributed by atoms with E-state index in [4.69, 9.17) is 4.74 Å². The summed E-state index contributed by atoms with van der Waals surface area (Å²) in [6.07, 6.45) is 3.35. The fourth-order valence-electron chi connectivity index (χ4n) is 5.85. The van der Waals surface area contributed by atoms with Gasteiger partial charge in [0, 0.05) is 47.1 Å². The smallest absolute Gasteiger partial charge is 0.333 e. The lowest BCUT2D eigenvalue weighted by Crippen LogP contribution is -2.47. The van der Waals surface area contributed by atoms with Crippen LogP contribution in [-0.2, 0) is 19.6 Å². The first-order valence-electron chi connectivity index (χ1n) is 15.9. The molecule has 1 aliphatic rings. The van der Waals surface area contributed by atoms with Gasteiger partial charge in [-0.1, -0.05) is 54.0 Å². The molecule has 0 bridgehead atoms. The van der Waals surface area contributed by atoms with Gasteiger partial charge in [-0.05, 0) is 79.4 Å². The zero-order valence-corrected chi connectivity index (χ0v) is 28.9. The number of aryl methyl sites for hydroxylation is 1. The second kappa shape index (κ2) is 14.0. The minimum atomic E-state index is -0.439. The molecule has 0 unspecified atom stereocenters. The third-order valence-electron chi connectivity index (χ3n) is 8.37. The number of nitrogens with one attached hydrogen (secondary N) is 1. The summed E-state index contributed by atoms with van der Waals surface area (Å²) in [5.41, 5.74) is 3.93. The minimum absolute atomic E-state index is 0.0874. The number of nitrogens with zero attached hydrogens (tertiary/aromatic N) is 5. The highest BCUT2D eigenvalue weighted by atomic mass is 79.9. The highest BCUT2D eigenvalue weighted by molar-refractivity contribution is 9.10. The van der Waals surface area contributed by atoms with Crippen LogP contribution in [0.25, 0.3) is 17.1 Å². The van der Waals surface area contributed by atoms with E-state index < -0.39 is 5.91 Å². The lowest BCUT2D eigenvalue weighted by Gasteiger charge is -2.34. The average molecular weight is 710 g/mol. The molecule has 5 aromatic rings. The normalized spacial score (nSPS) is 14.1. The van der Waals surface area contributed by atoms with Gasteiger partial charge in [0.2, 0.25) is 0 Å². The number of imidazole rings is 1. The molecule has 1 N–H and O–H groups in total. The number of fused-ring (bicyclic) bond motifs is 1. The summed E-state index contributed by atoms with van der Waals surface area (Å²) < 4.78 is 9.83. The van der Waals surface area contributed by atoms with Gasteiger partial charge in [-0.15, -0.1) is 0 Å². The maximum atomic E-state index is 14.3. The van der Waals surface area contributed by atoms with Crippen molar-refractivity contribution in [3.05, 3.63) is 128 Å². The second-order valence-corrected chi connectivity index (χ2v) is 13.2. The number of hydrogen-bond acceptors (Lipinski definition) is 6. The zero-order valence-electron chi connectivity index (χ0n) is 27.3. The summed E-state index contributed by atoms with van der Waals surface area (Å²) >= 11 is 3.51. The van der Waals surface area contributed by atoms with Crippen molar-refractivity contribution in [2.24, 2.45) is 5.92 Å². The second-order valence-electron chi connectivity index (χ2n) is 12.4. The lowest BCUT2D eigenvalue weighted by atomic mass is 10.1. The van der Waals surface area contributed by atoms with Gasteiger partial charge in [-0.2, -0.15) is 0 Å². The molecule has 48 heavy (non-hydrogen) atoms. The Bertz CT molecular complexity index is 2020. The molecule has 11 heteroatoms. The Labute approximate surface area is 287 Å². The number of carbonyl (C=O) groups excluding carboxylic acids is 2. The molecule has 0 radical (unpaired) electrons. The number of ether oxygens (including phenoxy) is 1. The van der Waals surface area contributed by atoms with Crippen LogP contribution in [0.5, 0.6) is 5.75 Å². The Morgan fingerprint density at radius 1 is 1.02 bits per heavy atom. The van der Waals surface area contributed by atoms with Crippen LogP contribution in [0.4, 0.5) is 0 Å². The van der Waals surface area contributed by atoms with Gasteiger partial charge in [0.15, 0.2) is 5.82 Å². The molecule has 0 aliphatic carbocycles. The van der Waals surface area contributed by atoms with Crippen LogP contribution >= 0.6 is 15.9 Å². The van der Waals surface area contributed by atoms with Crippen LogP contribution in [0.15, 0.2) is 94.5 Å². The predicted octanol–water partition coefficient (Wildman–Crippen LogP) is 6.18. The fourth-order valence-corrected chi connectivity index (χ4v) is 6.10. The van der Waals surface area contributed by atoms with Gasteiger partial charge < -0.3 is 15.0 Å².